The standard InChI is InChI=1S/C28H27N3O5/c32-27(20-29-22-9-6-8-21(18-22)28(33)30-19-24-12-7-15-34-24)31-25-13-4-5-14-26(25)36-17-16-35-23-10-2-1-3-11-23/h1-15,18,29H,16-17,19-20H2,(H,30,33)(H,31,32). The lowest BCUT2D eigenvalue weighted by atomic mass is 10.2. The summed E-state index contributed by atoms with van der Waals surface area (Å²) in [4.78, 5) is 25.0. The summed E-state index contributed by atoms with van der Waals surface area (Å²) in [5, 5.41) is 8.70. The van der Waals surface area contributed by atoms with Gasteiger partial charge < -0.3 is 29.8 Å². The number of furan rings is 1. The molecule has 0 saturated carbocycles. The third kappa shape index (κ3) is 7.39. The van der Waals surface area contributed by atoms with Crippen LogP contribution in [0.5, 0.6) is 11.5 Å². The van der Waals surface area contributed by atoms with Crippen LogP contribution in [0, 0.1) is 0 Å². The van der Waals surface area contributed by atoms with Crippen molar-refractivity contribution in [2.24, 2.45) is 0 Å². The molecule has 1 heterocycles. The number of hydrogen-bond donors (Lipinski definition) is 3. The Bertz CT molecular complexity index is 1260. The molecule has 36 heavy (non-hydrogen) atoms. The lowest BCUT2D eigenvalue weighted by molar-refractivity contribution is -0.114. The van der Waals surface area contributed by atoms with E-state index in [1.165, 1.54) is 0 Å². The van der Waals surface area contributed by atoms with E-state index in [0.717, 1.165) is 5.75 Å². The summed E-state index contributed by atoms with van der Waals surface area (Å²) in [6.45, 7) is 1.02. The summed E-state index contributed by atoms with van der Waals surface area (Å²) >= 11 is 0. The number of ether oxygens (including phenoxy) is 2. The number of para-hydroxylation sites is 3. The van der Waals surface area contributed by atoms with Gasteiger partial charge in [0, 0.05) is 11.3 Å². The number of hydrogen-bond acceptors (Lipinski definition) is 6. The van der Waals surface area contributed by atoms with Crippen molar-refractivity contribution in [2.75, 3.05) is 30.4 Å². The largest absolute Gasteiger partial charge is 0.490 e. The zero-order valence-corrected chi connectivity index (χ0v) is 19.6. The zero-order valence-electron chi connectivity index (χ0n) is 19.6. The molecule has 0 bridgehead atoms. The van der Waals surface area contributed by atoms with Crippen molar-refractivity contribution >= 4 is 23.2 Å². The van der Waals surface area contributed by atoms with E-state index < -0.39 is 0 Å². The molecule has 3 N–H and O–H groups in total. The Morgan fingerprint density at radius 3 is 2.44 bits per heavy atom. The van der Waals surface area contributed by atoms with Gasteiger partial charge in [-0.2, -0.15) is 0 Å². The van der Waals surface area contributed by atoms with Gasteiger partial charge in [0.2, 0.25) is 5.91 Å². The number of carbonyl (C=O) groups excluding carboxylic acids is 2. The maximum atomic E-state index is 12.6. The van der Waals surface area contributed by atoms with E-state index in [-0.39, 0.29) is 18.4 Å². The molecule has 0 spiro atoms. The summed E-state index contributed by atoms with van der Waals surface area (Å²) in [5.41, 5.74) is 1.69. The van der Waals surface area contributed by atoms with Gasteiger partial charge >= 0.3 is 0 Å². The van der Waals surface area contributed by atoms with Gasteiger partial charge in [-0.25, -0.2) is 0 Å². The number of carbonyl (C=O) groups is 2. The highest BCUT2D eigenvalue weighted by Gasteiger charge is 2.10. The number of amides is 2. The molecule has 1 aromatic heterocycles. The predicted molar refractivity (Wildman–Crippen MR) is 137 cm³/mol. The van der Waals surface area contributed by atoms with Crippen LogP contribution in [0.25, 0.3) is 0 Å². The molecule has 3 aromatic carbocycles. The SMILES string of the molecule is O=C(CNc1cccc(C(=O)NCc2ccco2)c1)Nc1ccccc1OCCOc1ccccc1. The van der Waals surface area contributed by atoms with E-state index in [1.807, 2.05) is 42.5 Å². The first-order valence-electron chi connectivity index (χ1n) is 11.5. The van der Waals surface area contributed by atoms with E-state index in [2.05, 4.69) is 16.0 Å². The normalized spacial score (nSPS) is 10.3. The van der Waals surface area contributed by atoms with Crippen LogP contribution in [0.1, 0.15) is 16.1 Å². The second-order valence-corrected chi connectivity index (χ2v) is 7.75. The average molecular weight is 486 g/mol. The van der Waals surface area contributed by atoms with Gasteiger partial charge in [0.05, 0.1) is 25.0 Å². The van der Waals surface area contributed by atoms with Crippen molar-refractivity contribution in [3.63, 3.8) is 0 Å². The van der Waals surface area contributed by atoms with Crippen LogP contribution < -0.4 is 25.4 Å². The van der Waals surface area contributed by atoms with Gasteiger partial charge in [-0.1, -0.05) is 36.4 Å². The molecule has 0 aliphatic heterocycles. The molecular formula is C28H27N3O5. The molecule has 0 aliphatic rings. The minimum absolute atomic E-state index is 0.0168. The Balaban J connectivity index is 1.24. The molecule has 0 radical (unpaired) electrons. The summed E-state index contributed by atoms with van der Waals surface area (Å²) in [6.07, 6.45) is 1.56. The van der Waals surface area contributed by atoms with Gasteiger partial charge in [-0.15, -0.1) is 0 Å². The third-order valence-electron chi connectivity index (χ3n) is 5.10. The topological polar surface area (TPSA) is 102 Å². The highest BCUT2D eigenvalue weighted by atomic mass is 16.5. The molecule has 2 amide bonds. The van der Waals surface area contributed by atoms with Gasteiger partial charge in [0.15, 0.2) is 0 Å². The molecule has 0 unspecified atom stereocenters. The lowest BCUT2D eigenvalue weighted by Crippen LogP contribution is -2.24. The minimum atomic E-state index is -0.251. The predicted octanol–water partition coefficient (Wildman–Crippen LogP) is 4.72. The molecule has 0 saturated heterocycles. The molecule has 0 aliphatic carbocycles. The van der Waals surface area contributed by atoms with E-state index >= 15 is 0 Å². The smallest absolute Gasteiger partial charge is 0.251 e. The second kappa shape index (κ2) is 12.7. The molecule has 0 atom stereocenters. The fourth-order valence-electron chi connectivity index (χ4n) is 3.35. The molecule has 184 valence electrons. The maximum Gasteiger partial charge on any atom is 0.251 e. The van der Waals surface area contributed by atoms with Crippen molar-refractivity contribution < 1.29 is 23.5 Å². The first kappa shape index (κ1) is 24.4. The van der Waals surface area contributed by atoms with Crippen LogP contribution in [0.15, 0.2) is 102 Å². The van der Waals surface area contributed by atoms with Crippen LogP contribution in [0.3, 0.4) is 0 Å². The Hall–Kier alpha value is -4.72. The summed E-state index contributed by atoms with van der Waals surface area (Å²) in [5.74, 6) is 1.51. The maximum absolute atomic E-state index is 12.6. The molecule has 4 rings (SSSR count). The Kier molecular flexibility index (Phi) is 8.58. The quantitative estimate of drug-likeness (QED) is 0.251. The molecular weight excluding hydrogens is 458 g/mol. The van der Waals surface area contributed by atoms with Crippen molar-refractivity contribution in [2.45, 2.75) is 6.54 Å². The van der Waals surface area contributed by atoms with Gasteiger partial charge in [-0.3, -0.25) is 9.59 Å². The minimum Gasteiger partial charge on any atom is -0.490 e. The number of rotatable bonds is 12. The van der Waals surface area contributed by atoms with Gasteiger partial charge in [-0.05, 0) is 54.6 Å². The molecule has 8 nitrogen and oxygen atoms in total. The summed E-state index contributed by atoms with van der Waals surface area (Å²) in [6, 6.07) is 27.2. The fraction of sp³-hybridized carbons (Fsp3) is 0.143. The average Bonchev–Trinajstić information content (AvgIpc) is 3.44. The van der Waals surface area contributed by atoms with Gasteiger partial charge in [0.1, 0.15) is 30.5 Å². The molecule has 4 aromatic rings. The van der Waals surface area contributed by atoms with E-state index in [4.69, 9.17) is 13.9 Å². The summed E-state index contributed by atoms with van der Waals surface area (Å²) < 4.78 is 16.7. The first-order valence-corrected chi connectivity index (χ1v) is 11.5. The van der Waals surface area contributed by atoms with E-state index in [1.54, 1.807) is 54.8 Å². The second-order valence-electron chi connectivity index (χ2n) is 7.75. The summed E-state index contributed by atoms with van der Waals surface area (Å²) in [7, 11) is 0. The van der Waals surface area contributed by atoms with Crippen LogP contribution in [0.2, 0.25) is 0 Å². The van der Waals surface area contributed by atoms with Crippen molar-refractivity contribution in [3.8, 4) is 11.5 Å². The first-order chi connectivity index (χ1) is 17.7. The number of nitrogens with one attached hydrogen (secondary N) is 3. The highest BCUT2D eigenvalue weighted by molar-refractivity contribution is 5.96. The Morgan fingerprint density at radius 2 is 1.61 bits per heavy atom. The van der Waals surface area contributed by atoms with Crippen LogP contribution >= 0.6 is 0 Å². The monoisotopic (exact) mass is 485 g/mol. The highest BCUT2D eigenvalue weighted by Crippen LogP contribution is 2.23. The molecule has 8 heteroatoms. The van der Waals surface area contributed by atoms with Crippen molar-refractivity contribution in [1.82, 2.24) is 5.32 Å². The number of benzene rings is 3. The lowest BCUT2D eigenvalue weighted by Gasteiger charge is -2.14. The van der Waals surface area contributed by atoms with Crippen LogP contribution in [0.4, 0.5) is 11.4 Å². The van der Waals surface area contributed by atoms with Crippen molar-refractivity contribution in [1.29, 1.82) is 0 Å². The fourth-order valence-corrected chi connectivity index (χ4v) is 3.35. The zero-order chi connectivity index (χ0) is 25.0. The van der Waals surface area contributed by atoms with Gasteiger partial charge in [0.25, 0.3) is 5.91 Å². The Morgan fingerprint density at radius 1 is 0.806 bits per heavy atom. The van der Waals surface area contributed by atoms with E-state index in [0.29, 0.717) is 48.2 Å². The van der Waals surface area contributed by atoms with Crippen LogP contribution in [-0.2, 0) is 11.3 Å². The van der Waals surface area contributed by atoms with Crippen LogP contribution in [-0.4, -0.2) is 31.6 Å². The Labute approximate surface area is 209 Å². The number of anilines is 2. The molecule has 0 fully saturated rings. The van der Waals surface area contributed by atoms with Crippen molar-refractivity contribution in [3.05, 3.63) is 109 Å². The third-order valence-corrected chi connectivity index (χ3v) is 5.10. The van der Waals surface area contributed by atoms with E-state index in [9.17, 15) is 9.59 Å².